The van der Waals surface area contributed by atoms with Gasteiger partial charge in [-0.3, -0.25) is 4.90 Å². The van der Waals surface area contributed by atoms with E-state index in [0.29, 0.717) is 0 Å². The van der Waals surface area contributed by atoms with Crippen LogP contribution in [0.3, 0.4) is 0 Å². The molecule has 0 unspecified atom stereocenters. The molecule has 0 bridgehead atoms. The monoisotopic (exact) mass is 172 g/mol. The topological polar surface area (TPSA) is 45.1 Å². The fourth-order valence-electron chi connectivity index (χ4n) is 1.36. The van der Waals surface area contributed by atoms with Crippen LogP contribution >= 0.6 is 0 Å². The molecule has 0 aromatic rings. The minimum Gasteiger partial charge on any atom is -0.411 e. The van der Waals surface area contributed by atoms with Crippen LogP contribution in [-0.4, -0.2) is 48.2 Å². The van der Waals surface area contributed by atoms with E-state index in [4.69, 9.17) is 9.94 Å². The van der Waals surface area contributed by atoms with E-state index in [2.05, 4.69) is 10.1 Å². The average molecular weight is 172 g/mol. The molecule has 4 heteroatoms. The standard InChI is InChI=1S/C8H16N2O2/c1-8(2,7-9-11)10-3-5-12-6-4-10/h7,11H,3-6H2,1-2H3. The van der Waals surface area contributed by atoms with Crippen molar-refractivity contribution in [2.75, 3.05) is 26.3 Å². The number of hydrogen-bond acceptors (Lipinski definition) is 4. The molecule has 0 atom stereocenters. The van der Waals surface area contributed by atoms with Crippen LogP contribution < -0.4 is 0 Å². The highest BCUT2D eigenvalue weighted by Crippen LogP contribution is 2.13. The quantitative estimate of drug-likeness (QED) is 0.376. The van der Waals surface area contributed by atoms with Crippen LogP contribution in [0, 0.1) is 0 Å². The third-order valence-electron chi connectivity index (χ3n) is 2.20. The van der Waals surface area contributed by atoms with Crippen molar-refractivity contribution in [2.45, 2.75) is 19.4 Å². The maximum absolute atomic E-state index is 8.44. The van der Waals surface area contributed by atoms with Gasteiger partial charge in [0.2, 0.25) is 0 Å². The molecule has 1 fully saturated rings. The Balaban J connectivity index is 2.53. The maximum Gasteiger partial charge on any atom is 0.0633 e. The smallest absolute Gasteiger partial charge is 0.0633 e. The zero-order chi connectivity index (χ0) is 9.03. The molecular weight excluding hydrogens is 156 g/mol. The summed E-state index contributed by atoms with van der Waals surface area (Å²) in [7, 11) is 0. The lowest BCUT2D eigenvalue weighted by Crippen LogP contribution is -2.50. The number of nitrogens with zero attached hydrogens (tertiary/aromatic N) is 2. The van der Waals surface area contributed by atoms with Gasteiger partial charge in [0, 0.05) is 13.1 Å². The molecule has 0 saturated carbocycles. The van der Waals surface area contributed by atoms with Gasteiger partial charge in [-0.05, 0) is 13.8 Å². The van der Waals surface area contributed by atoms with Gasteiger partial charge in [0.05, 0.1) is 25.0 Å². The van der Waals surface area contributed by atoms with E-state index < -0.39 is 0 Å². The third-order valence-corrected chi connectivity index (χ3v) is 2.20. The Morgan fingerprint density at radius 2 is 2.00 bits per heavy atom. The lowest BCUT2D eigenvalue weighted by molar-refractivity contribution is 0.0107. The van der Waals surface area contributed by atoms with Crippen LogP contribution in [0.5, 0.6) is 0 Å². The van der Waals surface area contributed by atoms with Crippen molar-refractivity contribution in [1.29, 1.82) is 0 Å². The minimum absolute atomic E-state index is 0.168. The molecule has 0 radical (unpaired) electrons. The normalized spacial score (nSPS) is 21.8. The van der Waals surface area contributed by atoms with Crippen molar-refractivity contribution in [3.63, 3.8) is 0 Å². The molecular formula is C8H16N2O2. The minimum atomic E-state index is -0.168. The summed E-state index contributed by atoms with van der Waals surface area (Å²) >= 11 is 0. The van der Waals surface area contributed by atoms with Gasteiger partial charge in [-0.1, -0.05) is 0 Å². The molecule has 1 rings (SSSR count). The second-order valence-corrected chi connectivity index (χ2v) is 3.50. The molecule has 70 valence electrons. The van der Waals surface area contributed by atoms with Crippen LogP contribution in [0.4, 0.5) is 0 Å². The first-order valence-corrected chi connectivity index (χ1v) is 4.18. The van der Waals surface area contributed by atoms with Gasteiger partial charge in [-0.15, -0.1) is 5.16 Å². The van der Waals surface area contributed by atoms with Crippen LogP contribution in [0.25, 0.3) is 0 Å². The third kappa shape index (κ3) is 2.19. The lowest BCUT2D eigenvalue weighted by atomic mass is 10.0. The maximum atomic E-state index is 8.44. The Morgan fingerprint density at radius 3 is 2.50 bits per heavy atom. The zero-order valence-corrected chi connectivity index (χ0v) is 7.66. The summed E-state index contributed by atoms with van der Waals surface area (Å²) in [4.78, 5) is 2.23. The summed E-state index contributed by atoms with van der Waals surface area (Å²) in [5, 5.41) is 11.5. The largest absolute Gasteiger partial charge is 0.411 e. The molecule has 4 nitrogen and oxygen atoms in total. The lowest BCUT2D eigenvalue weighted by Gasteiger charge is -2.37. The fraction of sp³-hybridized carbons (Fsp3) is 0.875. The van der Waals surface area contributed by atoms with E-state index in [1.807, 2.05) is 13.8 Å². The molecule has 1 heterocycles. The number of morpholine rings is 1. The van der Waals surface area contributed by atoms with Gasteiger partial charge in [-0.2, -0.15) is 0 Å². The molecule has 12 heavy (non-hydrogen) atoms. The van der Waals surface area contributed by atoms with Crippen molar-refractivity contribution in [3.8, 4) is 0 Å². The van der Waals surface area contributed by atoms with Gasteiger partial charge in [0.1, 0.15) is 0 Å². The Morgan fingerprint density at radius 1 is 1.42 bits per heavy atom. The molecule has 0 aromatic carbocycles. The number of hydrogen-bond donors (Lipinski definition) is 1. The molecule has 0 spiro atoms. The van der Waals surface area contributed by atoms with E-state index >= 15 is 0 Å². The molecule has 1 saturated heterocycles. The van der Waals surface area contributed by atoms with Crippen LogP contribution in [-0.2, 0) is 4.74 Å². The van der Waals surface area contributed by atoms with E-state index in [1.165, 1.54) is 0 Å². The highest BCUT2D eigenvalue weighted by molar-refractivity contribution is 5.68. The zero-order valence-electron chi connectivity index (χ0n) is 7.66. The summed E-state index contributed by atoms with van der Waals surface area (Å²) in [5.41, 5.74) is -0.168. The first-order valence-electron chi connectivity index (χ1n) is 4.18. The predicted molar refractivity (Wildman–Crippen MR) is 46.7 cm³/mol. The highest BCUT2D eigenvalue weighted by atomic mass is 16.5. The Hall–Kier alpha value is -0.610. The van der Waals surface area contributed by atoms with Crippen LogP contribution in [0.1, 0.15) is 13.8 Å². The van der Waals surface area contributed by atoms with E-state index in [-0.39, 0.29) is 5.54 Å². The van der Waals surface area contributed by atoms with Crippen molar-refractivity contribution >= 4 is 6.21 Å². The van der Waals surface area contributed by atoms with Crippen LogP contribution in [0.2, 0.25) is 0 Å². The Kier molecular flexibility index (Phi) is 3.05. The second-order valence-electron chi connectivity index (χ2n) is 3.50. The van der Waals surface area contributed by atoms with Crippen molar-refractivity contribution < 1.29 is 9.94 Å². The molecule has 0 aliphatic carbocycles. The summed E-state index contributed by atoms with van der Waals surface area (Å²) in [6.45, 7) is 7.39. The predicted octanol–water partition coefficient (Wildman–Crippen LogP) is 0.557. The molecule has 0 amide bonds. The van der Waals surface area contributed by atoms with Gasteiger partial charge in [0.15, 0.2) is 0 Å². The van der Waals surface area contributed by atoms with E-state index in [9.17, 15) is 0 Å². The molecule has 1 N–H and O–H groups in total. The molecule has 1 aliphatic heterocycles. The SMILES string of the molecule is CC(C)(C=NO)N1CCOCC1. The number of oxime groups is 1. The number of rotatable bonds is 2. The highest BCUT2D eigenvalue weighted by Gasteiger charge is 2.26. The Bertz CT molecular complexity index is 162. The van der Waals surface area contributed by atoms with Gasteiger partial charge >= 0.3 is 0 Å². The van der Waals surface area contributed by atoms with Gasteiger partial charge < -0.3 is 9.94 Å². The van der Waals surface area contributed by atoms with Gasteiger partial charge in [0.25, 0.3) is 0 Å². The average Bonchev–Trinajstić information content (AvgIpc) is 2.06. The first-order chi connectivity index (χ1) is 5.67. The van der Waals surface area contributed by atoms with E-state index in [1.54, 1.807) is 6.21 Å². The summed E-state index contributed by atoms with van der Waals surface area (Å²) < 4.78 is 5.22. The number of ether oxygens (including phenoxy) is 1. The van der Waals surface area contributed by atoms with Crippen molar-refractivity contribution in [1.82, 2.24) is 4.90 Å². The summed E-state index contributed by atoms with van der Waals surface area (Å²) in [6, 6.07) is 0. The fourth-order valence-corrected chi connectivity index (χ4v) is 1.36. The first kappa shape index (κ1) is 9.48. The summed E-state index contributed by atoms with van der Waals surface area (Å²) in [6.07, 6.45) is 1.55. The summed E-state index contributed by atoms with van der Waals surface area (Å²) in [5.74, 6) is 0. The molecule has 1 aliphatic rings. The molecule has 0 aromatic heterocycles. The van der Waals surface area contributed by atoms with Crippen molar-refractivity contribution in [3.05, 3.63) is 0 Å². The van der Waals surface area contributed by atoms with Gasteiger partial charge in [-0.25, -0.2) is 0 Å². The second kappa shape index (κ2) is 3.87. The van der Waals surface area contributed by atoms with Crippen LogP contribution in [0.15, 0.2) is 5.16 Å². The van der Waals surface area contributed by atoms with E-state index in [0.717, 1.165) is 26.3 Å². The Labute approximate surface area is 72.8 Å². The van der Waals surface area contributed by atoms with Crippen molar-refractivity contribution in [2.24, 2.45) is 5.16 Å².